The van der Waals surface area contributed by atoms with Crippen LogP contribution in [-0.4, -0.2) is 23.9 Å². The predicted octanol–water partition coefficient (Wildman–Crippen LogP) is 3.66. The van der Waals surface area contributed by atoms with E-state index < -0.39 is 17.8 Å². The molecule has 0 saturated heterocycles. The van der Waals surface area contributed by atoms with Gasteiger partial charge in [0.2, 0.25) is 0 Å². The average molecular weight is 379 g/mol. The van der Waals surface area contributed by atoms with Gasteiger partial charge in [0.15, 0.2) is 0 Å². The summed E-state index contributed by atoms with van der Waals surface area (Å²) in [7, 11) is 0. The van der Waals surface area contributed by atoms with Crippen molar-refractivity contribution in [2.75, 3.05) is 5.32 Å². The molecule has 0 aromatic heterocycles. The van der Waals surface area contributed by atoms with E-state index in [9.17, 15) is 14.4 Å². The summed E-state index contributed by atoms with van der Waals surface area (Å²) < 4.78 is 10.7. The summed E-state index contributed by atoms with van der Waals surface area (Å²) in [5.41, 5.74) is 0.440. The summed E-state index contributed by atoms with van der Waals surface area (Å²) in [4.78, 5) is 35.8. The van der Waals surface area contributed by atoms with Crippen molar-refractivity contribution in [2.24, 2.45) is 0 Å². The van der Waals surface area contributed by atoms with Crippen molar-refractivity contribution in [1.29, 1.82) is 0 Å². The molecule has 0 unspecified atom stereocenters. The lowest BCUT2D eigenvalue weighted by Gasteiger charge is -2.13. The van der Waals surface area contributed by atoms with E-state index in [0.29, 0.717) is 15.7 Å². The number of benzene rings is 1. The minimum atomic E-state index is -0.664. The van der Waals surface area contributed by atoms with Gasteiger partial charge >= 0.3 is 11.9 Å². The minimum absolute atomic E-state index is 0.0298. The van der Waals surface area contributed by atoms with E-state index in [-0.39, 0.29) is 11.7 Å². The number of carbonyl (C=O) groups excluding carboxylic acids is 3. The van der Waals surface area contributed by atoms with E-state index in [1.165, 1.54) is 30.4 Å². The Balaban J connectivity index is 2.16. The summed E-state index contributed by atoms with van der Waals surface area (Å²) >= 11 is 2.59. The Morgan fingerprint density at radius 1 is 1.04 bits per heavy atom. The lowest BCUT2D eigenvalue weighted by Crippen LogP contribution is -2.25. The first-order valence-electron chi connectivity index (χ1n) is 7.40. The monoisotopic (exact) mass is 379 g/mol. The first-order chi connectivity index (χ1) is 11.9. The molecule has 1 amide bonds. The molecule has 1 heterocycles. The van der Waals surface area contributed by atoms with Crippen LogP contribution in [0.15, 0.2) is 44.9 Å². The van der Waals surface area contributed by atoms with Gasteiger partial charge in [0.25, 0.3) is 5.91 Å². The predicted molar refractivity (Wildman–Crippen MR) is 99.0 cm³/mol. The van der Waals surface area contributed by atoms with Crippen molar-refractivity contribution in [3.63, 3.8) is 0 Å². The summed E-state index contributed by atoms with van der Waals surface area (Å²) in [6.07, 6.45) is -0.330. The summed E-state index contributed by atoms with van der Waals surface area (Å²) in [5.74, 6) is -1.27. The third-order valence-electron chi connectivity index (χ3n) is 2.76. The van der Waals surface area contributed by atoms with E-state index in [1.807, 2.05) is 0 Å². The molecule has 1 N–H and O–H groups in total. The highest BCUT2D eigenvalue weighted by Crippen LogP contribution is 2.40. The topological polar surface area (TPSA) is 81.7 Å². The van der Waals surface area contributed by atoms with E-state index >= 15 is 0 Å². The Kier molecular flexibility index (Phi) is 6.72. The van der Waals surface area contributed by atoms with Gasteiger partial charge in [0, 0.05) is 12.6 Å². The molecule has 0 radical (unpaired) electrons. The Morgan fingerprint density at radius 2 is 1.64 bits per heavy atom. The Morgan fingerprint density at radius 3 is 2.16 bits per heavy atom. The zero-order valence-corrected chi connectivity index (χ0v) is 15.5. The maximum absolute atomic E-state index is 12.6. The summed E-state index contributed by atoms with van der Waals surface area (Å²) in [6.45, 7) is 4.75. The van der Waals surface area contributed by atoms with Crippen molar-refractivity contribution >= 4 is 47.1 Å². The molecule has 132 valence electrons. The molecular weight excluding hydrogens is 362 g/mol. The number of carbonyl (C=O) groups is 3. The molecule has 0 aliphatic carbocycles. The zero-order valence-electron chi connectivity index (χ0n) is 13.9. The lowest BCUT2D eigenvalue weighted by molar-refractivity contribution is -0.143. The Bertz CT molecular complexity index is 728. The van der Waals surface area contributed by atoms with Crippen molar-refractivity contribution in [3.05, 3.63) is 44.9 Å². The molecule has 25 heavy (non-hydrogen) atoms. The van der Waals surface area contributed by atoms with Gasteiger partial charge in [-0.2, -0.15) is 0 Å². The molecule has 1 aromatic carbocycles. The fourth-order valence-electron chi connectivity index (χ4n) is 1.83. The van der Waals surface area contributed by atoms with Crippen LogP contribution in [0, 0.1) is 0 Å². The molecule has 2 rings (SSSR count). The SMILES string of the molecule is CC(=O)Oc1ccc(NC(=O)C(C(=O)OC(C)C)=C2SC=CS2)cc1. The van der Waals surface area contributed by atoms with Gasteiger partial charge in [-0.3, -0.25) is 9.59 Å². The van der Waals surface area contributed by atoms with Crippen molar-refractivity contribution in [1.82, 2.24) is 0 Å². The molecule has 1 aromatic rings. The minimum Gasteiger partial charge on any atom is -0.459 e. The second-order valence-corrected chi connectivity index (χ2v) is 7.29. The fourth-order valence-corrected chi connectivity index (χ4v) is 3.67. The van der Waals surface area contributed by atoms with Crippen molar-refractivity contribution in [2.45, 2.75) is 26.9 Å². The first kappa shape index (κ1) is 19.1. The smallest absolute Gasteiger partial charge is 0.345 e. The van der Waals surface area contributed by atoms with E-state index in [2.05, 4.69) is 5.32 Å². The number of thioether (sulfide) groups is 2. The highest BCUT2D eigenvalue weighted by molar-refractivity contribution is 8.27. The first-order valence-corrected chi connectivity index (χ1v) is 9.16. The zero-order chi connectivity index (χ0) is 18.4. The van der Waals surface area contributed by atoms with Gasteiger partial charge in [0.1, 0.15) is 11.3 Å². The van der Waals surface area contributed by atoms with E-state index in [4.69, 9.17) is 9.47 Å². The molecular formula is C17H17NO5S2. The van der Waals surface area contributed by atoms with E-state index in [1.54, 1.807) is 48.9 Å². The number of hydrogen-bond acceptors (Lipinski definition) is 7. The maximum atomic E-state index is 12.6. The quantitative estimate of drug-likeness (QED) is 0.275. The second kappa shape index (κ2) is 8.77. The van der Waals surface area contributed by atoms with Crippen LogP contribution in [0.5, 0.6) is 5.75 Å². The van der Waals surface area contributed by atoms with Gasteiger partial charge in [0.05, 0.1) is 10.3 Å². The summed E-state index contributed by atoms with van der Waals surface area (Å²) in [6, 6.07) is 6.27. The van der Waals surface area contributed by atoms with Gasteiger partial charge in [-0.1, -0.05) is 23.5 Å². The van der Waals surface area contributed by atoms with Crippen LogP contribution < -0.4 is 10.1 Å². The number of rotatable bonds is 5. The van der Waals surface area contributed by atoms with Crippen LogP contribution in [-0.2, 0) is 19.1 Å². The highest BCUT2D eigenvalue weighted by atomic mass is 32.2. The molecule has 6 nitrogen and oxygen atoms in total. The molecule has 0 spiro atoms. The fraction of sp³-hybridized carbons (Fsp3) is 0.235. The van der Waals surface area contributed by atoms with Gasteiger partial charge in [-0.15, -0.1) is 0 Å². The number of ether oxygens (including phenoxy) is 2. The molecule has 0 fully saturated rings. The highest BCUT2D eigenvalue weighted by Gasteiger charge is 2.27. The van der Waals surface area contributed by atoms with Crippen LogP contribution in [0.1, 0.15) is 20.8 Å². The molecule has 8 heteroatoms. The third kappa shape index (κ3) is 5.68. The van der Waals surface area contributed by atoms with Gasteiger partial charge in [-0.05, 0) is 48.9 Å². The number of nitrogens with one attached hydrogen (secondary N) is 1. The average Bonchev–Trinajstić information content (AvgIpc) is 3.02. The largest absolute Gasteiger partial charge is 0.459 e. The van der Waals surface area contributed by atoms with Crippen LogP contribution >= 0.6 is 23.5 Å². The molecule has 0 bridgehead atoms. The van der Waals surface area contributed by atoms with Crippen LogP contribution in [0.25, 0.3) is 0 Å². The number of hydrogen-bond donors (Lipinski definition) is 1. The van der Waals surface area contributed by atoms with Crippen LogP contribution in [0.3, 0.4) is 0 Å². The van der Waals surface area contributed by atoms with E-state index in [0.717, 1.165) is 0 Å². The van der Waals surface area contributed by atoms with Gasteiger partial charge < -0.3 is 14.8 Å². The number of anilines is 1. The standard InChI is InChI=1S/C17H17NO5S2/c1-10(2)22-16(21)14(17-24-8-9-25-17)15(20)18-12-4-6-13(7-5-12)23-11(3)19/h4-10H,1-3H3,(H,18,20). The maximum Gasteiger partial charge on any atom is 0.345 e. The second-order valence-electron chi connectivity index (χ2n) is 5.20. The molecule has 1 aliphatic rings. The molecule has 0 saturated carbocycles. The third-order valence-corrected chi connectivity index (χ3v) is 4.89. The van der Waals surface area contributed by atoms with Crippen LogP contribution in [0.4, 0.5) is 5.69 Å². The van der Waals surface area contributed by atoms with Crippen molar-refractivity contribution < 1.29 is 23.9 Å². The van der Waals surface area contributed by atoms with Crippen molar-refractivity contribution in [3.8, 4) is 5.75 Å². The number of amides is 1. The molecule has 0 atom stereocenters. The summed E-state index contributed by atoms with van der Waals surface area (Å²) in [5, 5.41) is 6.25. The van der Waals surface area contributed by atoms with Gasteiger partial charge in [-0.25, -0.2) is 4.79 Å². The Labute approximate surface area is 154 Å². The van der Waals surface area contributed by atoms with Crippen LogP contribution in [0.2, 0.25) is 0 Å². The normalized spacial score (nSPS) is 12.9. The Hall–Kier alpha value is -2.19. The molecule has 1 aliphatic heterocycles. The lowest BCUT2D eigenvalue weighted by atomic mass is 10.2. The number of esters is 2.